The zero-order valence-corrected chi connectivity index (χ0v) is 17.4. The Kier molecular flexibility index (Phi) is 15.5. The lowest BCUT2D eigenvalue weighted by molar-refractivity contribution is 0.264. The standard InChI is InChI=1S/C23H45N3/c1-2-3-4-5-6-7-8-9-10-11-12-13-14-15-16-17-18-23-25-20-22-26(23)21-19-24/h4-5,20,22-23,25H,2-3,6-19,21,24H2,1H3/b5-4+. The van der Waals surface area contributed by atoms with E-state index in [2.05, 4.69) is 41.7 Å². The molecule has 3 N–H and O–H groups in total. The topological polar surface area (TPSA) is 41.3 Å². The molecule has 1 atom stereocenters. The van der Waals surface area contributed by atoms with Gasteiger partial charge in [0.05, 0.1) is 6.17 Å². The van der Waals surface area contributed by atoms with Gasteiger partial charge < -0.3 is 16.0 Å². The Hall–Kier alpha value is -0.960. The quantitative estimate of drug-likeness (QED) is 0.229. The van der Waals surface area contributed by atoms with Crippen molar-refractivity contribution in [3.63, 3.8) is 0 Å². The van der Waals surface area contributed by atoms with Crippen LogP contribution >= 0.6 is 0 Å². The molecule has 0 fully saturated rings. The minimum absolute atomic E-state index is 0.487. The van der Waals surface area contributed by atoms with E-state index in [0.29, 0.717) is 6.17 Å². The number of allylic oxidation sites excluding steroid dienone is 2. The third kappa shape index (κ3) is 12.4. The van der Waals surface area contributed by atoms with Gasteiger partial charge in [0.25, 0.3) is 0 Å². The number of nitrogens with zero attached hydrogens (tertiary/aromatic N) is 1. The molecule has 0 aromatic rings. The molecule has 1 unspecified atom stereocenters. The van der Waals surface area contributed by atoms with Crippen LogP contribution < -0.4 is 11.1 Å². The smallest absolute Gasteiger partial charge is 0.0981 e. The van der Waals surface area contributed by atoms with E-state index in [0.717, 1.165) is 13.1 Å². The molecule has 1 aliphatic heterocycles. The van der Waals surface area contributed by atoms with Gasteiger partial charge in [0.15, 0.2) is 0 Å². The molecule has 1 heterocycles. The van der Waals surface area contributed by atoms with Crippen molar-refractivity contribution in [2.75, 3.05) is 13.1 Å². The maximum Gasteiger partial charge on any atom is 0.0981 e. The largest absolute Gasteiger partial charge is 0.370 e. The minimum Gasteiger partial charge on any atom is -0.370 e. The molecule has 26 heavy (non-hydrogen) atoms. The van der Waals surface area contributed by atoms with E-state index in [1.54, 1.807) is 0 Å². The summed E-state index contributed by atoms with van der Waals surface area (Å²) in [7, 11) is 0. The first-order chi connectivity index (χ1) is 12.9. The Morgan fingerprint density at radius 1 is 0.846 bits per heavy atom. The SMILES string of the molecule is CCC/C=C/CCCCCCCCCCCCCC1NC=CN1CCN. The Labute approximate surface area is 163 Å². The van der Waals surface area contributed by atoms with Gasteiger partial charge in [-0.1, -0.05) is 83.3 Å². The first-order valence-corrected chi connectivity index (χ1v) is 11.4. The highest BCUT2D eigenvalue weighted by Crippen LogP contribution is 2.15. The minimum atomic E-state index is 0.487. The van der Waals surface area contributed by atoms with Crippen molar-refractivity contribution < 1.29 is 0 Å². The van der Waals surface area contributed by atoms with Crippen LogP contribution in [0.3, 0.4) is 0 Å². The highest BCUT2D eigenvalue weighted by molar-refractivity contribution is 4.94. The summed E-state index contributed by atoms with van der Waals surface area (Å²) < 4.78 is 0. The molecule has 0 aliphatic carbocycles. The predicted octanol–water partition coefficient (Wildman–Crippen LogP) is 6.08. The summed E-state index contributed by atoms with van der Waals surface area (Å²) in [6.07, 6.45) is 30.0. The van der Waals surface area contributed by atoms with Crippen molar-refractivity contribution in [3.8, 4) is 0 Å². The fraction of sp³-hybridized carbons (Fsp3) is 0.826. The first-order valence-electron chi connectivity index (χ1n) is 11.4. The van der Waals surface area contributed by atoms with E-state index < -0.39 is 0 Å². The molecule has 0 saturated heterocycles. The predicted molar refractivity (Wildman–Crippen MR) is 116 cm³/mol. The van der Waals surface area contributed by atoms with Crippen molar-refractivity contribution >= 4 is 0 Å². The fourth-order valence-corrected chi connectivity index (χ4v) is 3.67. The molecule has 152 valence electrons. The highest BCUT2D eigenvalue weighted by Gasteiger charge is 2.16. The molecular formula is C23H45N3. The van der Waals surface area contributed by atoms with Crippen molar-refractivity contribution in [2.24, 2.45) is 5.73 Å². The van der Waals surface area contributed by atoms with E-state index in [1.165, 1.54) is 96.3 Å². The van der Waals surface area contributed by atoms with Crippen LogP contribution in [0.5, 0.6) is 0 Å². The Balaban J connectivity index is 1.76. The molecule has 3 heteroatoms. The second-order valence-corrected chi connectivity index (χ2v) is 7.75. The molecule has 1 aliphatic rings. The van der Waals surface area contributed by atoms with Crippen LogP contribution in [0.2, 0.25) is 0 Å². The van der Waals surface area contributed by atoms with Crippen molar-refractivity contribution in [3.05, 3.63) is 24.6 Å². The molecule has 0 saturated carbocycles. The number of rotatable bonds is 18. The maximum atomic E-state index is 5.66. The van der Waals surface area contributed by atoms with Gasteiger partial charge in [0.1, 0.15) is 0 Å². The van der Waals surface area contributed by atoms with E-state index in [1.807, 2.05) is 0 Å². The van der Waals surface area contributed by atoms with Crippen LogP contribution in [0.15, 0.2) is 24.6 Å². The van der Waals surface area contributed by atoms with E-state index >= 15 is 0 Å². The Morgan fingerprint density at radius 2 is 1.42 bits per heavy atom. The lowest BCUT2D eigenvalue weighted by Gasteiger charge is -2.25. The highest BCUT2D eigenvalue weighted by atomic mass is 15.3. The summed E-state index contributed by atoms with van der Waals surface area (Å²) in [6, 6.07) is 0. The zero-order valence-electron chi connectivity index (χ0n) is 17.4. The summed E-state index contributed by atoms with van der Waals surface area (Å²) >= 11 is 0. The number of hydrogen-bond acceptors (Lipinski definition) is 3. The first kappa shape index (κ1) is 23.1. The van der Waals surface area contributed by atoms with Crippen LogP contribution in [-0.4, -0.2) is 24.2 Å². The lowest BCUT2D eigenvalue weighted by atomic mass is 10.0. The van der Waals surface area contributed by atoms with E-state index in [4.69, 9.17) is 5.73 Å². The van der Waals surface area contributed by atoms with E-state index in [-0.39, 0.29) is 0 Å². The second kappa shape index (κ2) is 17.5. The summed E-state index contributed by atoms with van der Waals surface area (Å²) in [6.45, 7) is 3.94. The molecule has 0 aromatic carbocycles. The van der Waals surface area contributed by atoms with Crippen LogP contribution in [0.1, 0.15) is 103 Å². The monoisotopic (exact) mass is 363 g/mol. The molecule has 0 radical (unpaired) electrons. The van der Waals surface area contributed by atoms with Gasteiger partial charge >= 0.3 is 0 Å². The van der Waals surface area contributed by atoms with Crippen molar-refractivity contribution in [1.82, 2.24) is 10.2 Å². The fourth-order valence-electron chi connectivity index (χ4n) is 3.67. The third-order valence-corrected chi connectivity index (χ3v) is 5.31. The number of nitrogens with one attached hydrogen (secondary N) is 1. The molecule has 0 bridgehead atoms. The van der Waals surface area contributed by atoms with Crippen LogP contribution in [-0.2, 0) is 0 Å². The Bertz CT molecular complexity index is 351. The lowest BCUT2D eigenvalue weighted by Crippen LogP contribution is -2.37. The summed E-state index contributed by atoms with van der Waals surface area (Å²) in [4.78, 5) is 2.33. The zero-order chi connectivity index (χ0) is 18.7. The molecule has 3 nitrogen and oxygen atoms in total. The number of nitrogens with two attached hydrogens (primary N) is 1. The van der Waals surface area contributed by atoms with Gasteiger partial charge in [-0.3, -0.25) is 0 Å². The van der Waals surface area contributed by atoms with Gasteiger partial charge in [-0.15, -0.1) is 0 Å². The van der Waals surface area contributed by atoms with Crippen LogP contribution in [0.25, 0.3) is 0 Å². The van der Waals surface area contributed by atoms with Gasteiger partial charge in [0.2, 0.25) is 0 Å². The van der Waals surface area contributed by atoms with Gasteiger partial charge in [-0.2, -0.15) is 0 Å². The number of unbranched alkanes of at least 4 members (excludes halogenated alkanes) is 12. The third-order valence-electron chi connectivity index (χ3n) is 5.31. The van der Waals surface area contributed by atoms with Crippen LogP contribution in [0.4, 0.5) is 0 Å². The summed E-state index contributed by atoms with van der Waals surface area (Å²) in [5.74, 6) is 0. The average molecular weight is 364 g/mol. The van der Waals surface area contributed by atoms with E-state index in [9.17, 15) is 0 Å². The average Bonchev–Trinajstić information content (AvgIpc) is 3.09. The van der Waals surface area contributed by atoms with Gasteiger partial charge in [0, 0.05) is 25.5 Å². The van der Waals surface area contributed by atoms with Gasteiger partial charge in [-0.25, -0.2) is 0 Å². The molecule has 0 spiro atoms. The Morgan fingerprint density at radius 3 is 2.04 bits per heavy atom. The summed E-state index contributed by atoms with van der Waals surface area (Å²) in [5.41, 5.74) is 5.66. The molecule has 0 amide bonds. The molecule has 1 rings (SSSR count). The van der Waals surface area contributed by atoms with Crippen molar-refractivity contribution in [1.29, 1.82) is 0 Å². The molecule has 0 aromatic heterocycles. The van der Waals surface area contributed by atoms with Gasteiger partial charge in [-0.05, 0) is 32.1 Å². The normalized spacial score (nSPS) is 16.7. The molecular weight excluding hydrogens is 318 g/mol. The summed E-state index contributed by atoms with van der Waals surface area (Å²) in [5, 5.41) is 3.43. The van der Waals surface area contributed by atoms with Crippen molar-refractivity contribution in [2.45, 2.75) is 109 Å². The van der Waals surface area contributed by atoms with Crippen LogP contribution in [0, 0.1) is 0 Å². The maximum absolute atomic E-state index is 5.66. The number of hydrogen-bond donors (Lipinski definition) is 2. The second-order valence-electron chi connectivity index (χ2n) is 7.75.